The quantitative estimate of drug-likeness (QED) is 0.729. The van der Waals surface area contributed by atoms with Crippen LogP contribution >= 0.6 is 0 Å². The average molecular weight is 322 g/mol. The van der Waals surface area contributed by atoms with Crippen molar-refractivity contribution in [2.75, 3.05) is 6.26 Å². The lowest BCUT2D eigenvalue weighted by Gasteiger charge is -2.08. The lowest BCUT2D eigenvalue weighted by molar-refractivity contribution is 0.584. The molecular formula is C15H12F2N2O2S. The number of hydrogen-bond acceptors (Lipinski definition) is 3. The molecule has 0 aliphatic rings. The van der Waals surface area contributed by atoms with E-state index >= 15 is 0 Å². The van der Waals surface area contributed by atoms with Gasteiger partial charge in [0.15, 0.2) is 9.84 Å². The fourth-order valence-corrected chi connectivity index (χ4v) is 3.50. The first-order chi connectivity index (χ1) is 10.3. The molecule has 3 rings (SSSR count). The molecule has 0 saturated heterocycles. The molecule has 0 aliphatic heterocycles. The number of benzene rings is 1. The lowest BCUT2D eigenvalue weighted by Crippen LogP contribution is -2.02. The summed E-state index contributed by atoms with van der Waals surface area (Å²) in [7, 11) is -3.41. The van der Waals surface area contributed by atoms with Crippen molar-refractivity contribution in [2.24, 2.45) is 0 Å². The maximum absolute atomic E-state index is 13.4. The van der Waals surface area contributed by atoms with Gasteiger partial charge in [-0.3, -0.25) is 0 Å². The highest BCUT2D eigenvalue weighted by Crippen LogP contribution is 2.29. The highest BCUT2D eigenvalue weighted by atomic mass is 32.2. The van der Waals surface area contributed by atoms with Gasteiger partial charge in [0.1, 0.15) is 11.6 Å². The van der Waals surface area contributed by atoms with Crippen LogP contribution in [0.5, 0.6) is 0 Å². The normalized spacial score (nSPS) is 12.0. The fourth-order valence-electron chi connectivity index (χ4n) is 2.54. The van der Waals surface area contributed by atoms with E-state index in [-0.39, 0.29) is 10.5 Å². The fraction of sp³-hybridized carbons (Fsp3) is 0.133. The van der Waals surface area contributed by atoms with Gasteiger partial charge in [-0.15, -0.1) is 0 Å². The molecule has 0 fully saturated rings. The zero-order valence-corrected chi connectivity index (χ0v) is 12.7. The predicted molar refractivity (Wildman–Crippen MR) is 78.4 cm³/mol. The van der Waals surface area contributed by atoms with Gasteiger partial charge in [0.25, 0.3) is 0 Å². The molecule has 114 valence electrons. The maximum Gasteiger partial charge on any atom is 0.175 e. The maximum atomic E-state index is 13.4. The van der Waals surface area contributed by atoms with Crippen molar-refractivity contribution in [2.45, 2.75) is 11.8 Å². The molecule has 22 heavy (non-hydrogen) atoms. The Labute approximate surface area is 126 Å². The van der Waals surface area contributed by atoms with Gasteiger partial charge in [-0.1, -0.05) is 0 Å². The minimum absolute atomic E-state index is 0.165. The van der Waals surface area contributed by atoms with Crippen LogP contribution in [0.2, 0.25) is 0 Å². The summed E-state index contributed by atoms with van der Waals surface area (Å²) in [6.45, 7) is 1.65. The van der Waals surface area contributed by atoms with Gasteiger partial charge in [-0.25, -0.2) is 22.2 Å². The average Bonchev–Trinajstić information content (AvgIpc) is 2.81. The molecule has 0 spiro atoms. The van der Waals surface area contributed by atoms with Crippen molar-refractivity contribution in [1.29, 1.82) is 0 Å². The van der Waals surface area contributed by atoms with Crippen LogP contribution in [0, 0.1) is 18.6 Å². The third-order valence-electron chi connectivity index (χ3n) is 3.44. The van der Waals surface area contributed by atoms with E-state index in [9.17, 15) is 17.2 Å². The van der Waals surface area contributed by atoms with Crippen molar-refractivity contribution >= 4 is 15.4 Å². The van der Waals surface area contributed by atoms with E-state index in [2.05, 4.69) is 4.98 Å². The van der Waals surface area contributed by atoms with Crippen molar-refractivity contribution < 1.29 is 17.2 Å². The van der Waals surface area contributed by atoms with E-state index in [4.69, 9.17) is 0 Å². The highest BCUT2D eigenvalue weighted by Gasteiger charge is 2.18. The second-order valence-electron chi connectivity index (χ2n) is 5.08. The summed E-state index contributed by atoms with van der Waals surface area (Å²) in [6.07, 6.45) is 4.15. The first-order valence-corrected chi connectivity index (χ1v) is 8.29. The number of aryl methyl sites for hydroxylation is 1. The first-order valence-electron chi connectivity index (χ1n) is 6.40. The predicted octanol–water partition coefficient (Wildman–Crippen LogP) is 2.99. The van der Waals surface area contributed by atoms with Crippen LogP contribution in [-0.2, 0) is 9.84 Å². The number of aromatic nitrogens is 2. The van der Waals surface area contributed by atoms with E-state index in [1.54, 1.807) is 17.5 Å². The van der Waals surface area contributed by atoms with Gasteiger partial charge >= 0.3 is 0 Å². The molecule has 4 nitrogen and oxygen atoms in total. The Balaban J connectivity index is 2.36. The summed E-state index contributed by atoms with van der Waals surface area (Å²) in [5, 5.41) is 0. The minimum atomic E-state index is -3.41. The minimum Gasteiger partial charge on any atom is -0.305 e. The Hall–Kier alpha value is -2.28. The van der Waals surface area contributed by atoms with Crippen molar-refractivity contribution in [3.05, 3.63) is 54.0 Å². The molecule has 2 heterocycles. The van der Waals surface area contributed by atoms with Crippen LogP contribution in [0.1, 0.15) is 5.56 Å². The molecule has 0 unspecified atom stereocenters. The molecule has 0 atom stereocenters. The zero-order valence-electron chi connectivity index (χ0n) is 11.8. The van der Waals surface area contributed by atoms with Gasteiger partial charge in [0, 0.05) is 24.1 Å². The molecule has 0 bridgehead atoms. The van der Waals surface area contributed by atoms with Gasteiger partial charge in [-0.05, 0) is 30.7 Å². The molecule has 1 aromatic carbocycles. The van der Waals surface area contributed by atoms with Crippen LogP contribution in [0.15, 0.2) is 41.7 Å². The second kappa shape index (κ2) is 4.88. The number of rotatable bonds is 2. The molecule has 0 amide bonds. The van der Waals surface area contributed by atoms with Crippen molar-refractivity contribution in [1.82, 2.24) is 9.38 Å². The highest BCUT2D eigenvalue weighted by molar-refractivity contribution is 7.90. The second-order valence-corrected chi connectivity index (χ2v) is 7.07. The monoisotopic (exact) mass is 322 g/mol. The van der Waals surface area contributed by atoms with E-state index in [1.165, 1.54) is 12.4 Å². The molecule has 0 aliphatic carbocycles. The summed E-state index contributed by atoms with van der Waals surface area (Å²) in [5.41, 5.74) is 1.59. The van der Waals surface area contributed by atoms with E-state index in [1.807, 2.05) is 0 Å². The zero-order chi connectivity index (χ0) is 16.1. The lowest BCUT2D eigenvalue weighted by atomic mass is 10.1. The van der Waals surface area contributed by atoms with Crippen LogP contribution in [-0.4, -0.2) is 24.1 Å². The standard InChI is InChI=1S/C15H12F2N2O2S/c1-9-13(22(2,20)21)3-4-19-8-18-14(15(9)19)10-5-11(16)7-12(17)6-10/h3-8H,1-2H3. The molecule has 2 aromatic heterocycles. The summed E-state index contributed by atoms with van der Waals surface area (Å²) in [5.74, 6) is -1.43. The molecule has 3 aromatic rings. The summed E-state index contributed by atoms with van der Waals surface area (Å²) < 4.78 is 52.1. The van der Waals surface area contributed by atoms with Crippen molar-refractivity contribution in [3.63, 3.8) is 0 Å². The molecular weight excluding hydrogens is 310 g/mol. The Morgan fingerprint density at radius 1 is 1.14 bits per heavy atom. The number of nitrogens with zero attached hydrogens (tertiary/aromatic N) is 2. The molecule has 0 saturated carbocycles. The number of pyridine rings is 1. The molecule has 7 heteroatoms. The van der Waals surface area contributed by atoms with E-state index in [0.717, 1.165) is 24.5 Å². The summed E-state index contributed by atoms with van der Waals surface area (Å²) >= 11 is 0. The Kier molecular flexibility index (Phi) is 3.25. The third kappa shape index (κ3) is 2.37. The Bertz CT molecular complexity index is 974. The molecule has 0 radical (unpaired) electrons. The van der Waals surface area contributed by atoms with Crippen LogP contribution in [0.4, 0.5) is 8.78 Å². The van der Waals surface area contributed by atoms with Crippen molar-refractivity contribution in [3.8, 4) is 11.3 Å². The van der Waals surface area contributed by atoms with Gasteiger partial charge in [0.05, 0.1) is 22.4 Å². The SMILES string of the molecule is Cc1c(S(C)(=O)=O)ccn2cnc(-c3cc(F)cc(F)c3)c12. The van der Waals surface area contributed by atoms with Crippen LogP contribution < -0.4 is 0 Å². The number of imidazole rings is 1. The largest absolute Gasteiger partial charge is 0.305 e. The topological polar surface area (TPSA) is 51.4 Å². The first kappa shape index (κ1) is 14.6. The summed E-state index contributed by atoms with van der Waals surface area (Å²) in [4.78, 5) is 4.33. The summed E-state index contributed by atoms with van der Waals surface area (Å²) in [6, 6.07) is 4.59. The van der Waals surface area contributed by atoms with Gasteiger partial charge in [0.2, 0.25) is 0 Å². The molecule has 0 N–H and O–H groups in total. The smallest absolute Gasteiger partial charge is 0.175 e. The van der Waals surface area contributed by atoms with Gasteiger partial charge in [-0.2, -0.15) is 0 Å². The van der Waals surface area contributed by atoms with E-state index < -0.39 is 21.5 Å². The van der Waals surface area contributed by atoms with E-state index in [0.29, 0.717) is 16.8 Å². The third-order valence-corrected chi connectivity index (χ3v) is 4.68. The Morgan fingerprint density at radius 2 is 1.77 bits per heavy atom. The van der Waals surface area contributed by atoms with Crippen LogP contribution in [0.25, 0.3) is 16.8 Å². The number of sulfone groups is 1. The number of fused-ring (bicyclic) bond motifs is 1. The Morgan fingerprint density at radius 3 is 2.36 bits per heavy atom. The number of hydrogen-bond donors (Lipinski definition) is 0. The number of halogens is 2. The van der Waals surface area contributed by atoms with Gasteiger partial charge < -0.3 is 4.40 Å². The van der Waals surface area contributed by atoms with Crippen LogP contribution in [0.3, 0.4) is 0 Å².